The topological polar surface area (TPSA) is 76.9 Å². The summed E-state index contributed by atoms with van der Waals surface area (Å²) in [6.45, 7) is 5.57. The molecule has 0 radical (unpaired) electrons. The highest BCUT2D eigenvalue weighted by molar-refractivity contribution is 7.98. The summed E-state index contributed by atoms with van der Waals surface area (Å²) in [5.74, 6) is 0.421. The summed E-state index contributed by atoms with van der Waals surface area (Å²) in [7, 11) is 0. The summed E-state index contributed by atoms with van der Waals surface area (Å²) in [5, 5.41) is 8.26. The molecule has 124 valence electrons. The van der Waals surface area contributed by atoms with E-state index in [-0.39, 0.29) is 11.5 Å². The van der Waals surface area contributed by atoms with Gasteiger partial charge in [0.1, 0.15) is 4.83 Å². The lowest BCUT2D eigenvalue weighted by molar-refractivity contribution is -0.114. The van der Waals surface area contributed by atoms with Crippen molar-refractivity contribution in [2.45, 2.75) is 24.4 Å². The second kappa shape index (κ2) is 7.29. The second-order valence-corrected chi connectivity index (χ2v) is 7.55. The fourth-order valence-corrected chi connectivity index (χ4v) is 4.62. The lowest BCUT2D eigenvalue weighted by atomic mass is 10.4. The molecule has 1 amide bonds. The number of nitrogens with one attached hydrogen (secondary N) is 1. The quantitative estimate of drug-likeness (QED) is 0.404. The van der Waals surface area contributed by atoms with Crippen molar-refractivity contribution in [1.82, 2.24) is 14.5 Å². The van der Waals surface area contributed by atoms with E-state index < -0.39 is 0 Å². The van der Waals surface area contributed by atoms with E-state index in [1.54, 1.807) is 16.7 Å². The molecule has 3 rings (SSSR count). The molecule has 9 heteroatoms. The molecular weight excluding hydrogens is 364 g/mol. The van der Waals surface area contributed by atoms with Crippen molar-refractivity contribution in [2.24, 2.45) is 0 Å². The Balaban J connectivity index is 1.85. The van der Waals surface area contributed by atoms with Crippen molar-refractivity contribution >= 4 is 55.7 Å². The molecule has 3 aromatic rings. The average molecular weight is 379 g/mol. The van der Waals surface area contributed by atoms with Gasteiger partial charge in [0.05, 0.1) is 11.1 Å². The Bertz CT molecular complexity index is 957. The lowest BCUT2D eigenvalue weighted by Gasteiger charge is -2.09. The third kappa shape index (κ3) is 3.58. The smallest absolute Gasteiger partial charge is 0.263 e. The molecule has 0 bridgehead atoms. The van der Waals surface area contributed by atoms with E-state index in [0.717, 1.165) is 10.5 Å². The molecule has 1 N–H and O–H groups in total. The number of amides is 1. The highest BCUT2D eigenvalue weighted by Crippen LogP contribution is 2.26. The molecule has 0 spiro atoms. The van der Waals surface area contributed by atoms with Gasteiger partial charge in [-0.05, 0) is 11.4 Å². The van der Waals surface area contributed by atoms with Crippen molar-refractivity contribution < 1.29 is 4.79 Å². The Morgan fingerprint density at radius 3 is 3.04 bits per heavy atom. The Morgan fingerprint density at radius 2 is 2.29 bits per heavy atom. The van der Waals surface area contributed by atoms with Crippen molar-refractivity contribution in [3.63, 3.8) is 0 Å². The Labute approximate surface area is 150 Å². The maximum atomic E-state index is 12.5. The fraction of sp³-hybridized carbons (Fsp3) is 0.200. The van der Waals surface area contributed by atoms with Gasteiger partial charge in [-0.15, -0.1) is 29.3 Å². The van der Waals surface area contributed by atoms with E-state index in [1.165, 1.54) is 41.4 Å². The van der Waals surface area contributed by atoms with Crippen LogP contribution in [-0.2, 0) is 17.1 Å². The van der Waals surface area contributed by atoms with Crippen LogP contribution in [0.3, 0.4) is 0 Å². The number of thioether (sulfide) groups is 1. The van der Waals surface area contributed by atoms with E-state index in [4.69, 9.17) is 0 Å². The zero-order chi connectivity index (χ0) is 17.1. The highest BCUT2D eigenvalue weighted by atomic mass is 32.2. The minimum absolute atomic E-state index is 0.0548. The van der Waals surface area contributed by atoms with Crippen molar-refractivity contribution in [2.75, 3.05) is 5.32 Å². The van der Waals surface area contributed by atoms with Gasteiger partial charge < -0.3 is 5.32 Å². The molecular formula is C15H14N4O2S3. The fourth-order valence-electron chi connectivity index (χ4n) is 2.05. The van der Waals surface area contributed by atoms with Crippen LogP contribution in [-0.4, -0.2) is 20.4 Å². The number of carbonyl (C=O) groups excluding carboxylic acids is 1. The van der Waals surface area contributed by atoms with Crippen LogP contribution in [0.15, 0.2) is 39.4 Å². The van der Waals surface area contributed by atoms with Crippen LogP contribution in [0.1, 0.15) is 12.6 Å². The first kappa shape index (κ1) is 16.9. The first-order valence-electron chi connectivity index (χ1n) is 7.02. The van der Waals surface area contributed by atoms with Crippen LogP contribution in [0.25, 0.3) is 10.2 Å². The molecule has 3 aromatic heterocycles. The highest BCUT2D eigenvalue weighted by Gasteiger charge is 2.13. The van der Waals surface area contributed by atoms with E-state index in [0.29, 0.717) is 28.0 Å². The first-order valence-corrected chi connectivity index (χ1v) is 9.76. The molecule has 0 atom stereocenters. The van der Waals surface area contributed by atoms with Gasteiger partial charge in [0.25, 0.3) is 5.56 Å². The Hall–Kier alpha value is -1.97. The van der Waals surface area contributed by atoms with Crippen LogP contribution in [0.5, 0.6) is 0 Å². The molecule has 0 fully saturated rings. The Kier molecular flexibility index (Phi) is 5.12. The van der Waals surface area contributed by atoms with Gasteiger partial charge in [0.15, 0.2) is 10.3 Å². The average Bonchev–Trinajstić information content (AvgIpc) is 3.17. The van der Waals surface area contributed by atoms with Gasteiger partial charge in [-0.2, -0.15) is 0 Å². The van der Waals surface area contributed by atoms with Gasteiger partial charge >= 0.3 is 0 Å². The van der Waals surface area contributed by atoms with E-state index >= 15 is 0 Å². The summed E-state index contributed by atoms with van der Waals surface area (Å²) in [6, 6.07) is 1.80. The molecule has 0 saturated carbocycles. The van der Waals surface area contributed by atoms with Crippen LogP contribution >= 0.6 is 34.4 Å². The van der Waals surface area contributed by atoms with Gasteiger partial charge in [-0.3, -0.25) is 14.2 Å². The number of hydrogen-bond donors (Lipinski definition) is 1. The van der Waals surface area contributed by atoms with Crippen molar-refractivity contribution in [3.05, 3.63) is 45.5 Å². The first-order chi connectivity index (χ1) is 11.6. The number of anilines is 1. The van der Waals surface area contributed by atoms with E-state index in [1.807, 2.05) is 10.8 Å². The number of carbonyl (C=O) groups is 1. The van der Waals surface area contributed by atoms with Crippen molar-refractivity contribution in [3.8, 4) is 0 Å². The summed E-state index contributed by atoms with van der Waals surface area (Å²) in [5.41, 5.74) is 0.778. The van der Waals surface area contributed by atoms with Crippen LogP contribution in [0.4, 0.5) is 5.13 Å². The number of hydrogen-bond acceptors (Lipinski definition) is 7. The summed E-state index contributed by atoms with van der Waals surface area (Å²) in [4.78, 5) is 33.3. The number of aromatic nitrogens is 3. The molecule has 0 aliphatic heterocycles. The van der Waals surface area contributed by atoms with Crippen LogP contribution in [0.2, 0.25) is 0 Å². The number of allylic oxidation sites excluding steroid dienone is 1. The normalized spacial score (nSPS) is 10.9. The van der Waals surface area contributed by atoms with Gasteiger partial charge in [0.2, 0.25) is 5.91 Å². The molecule has 24 heavy (non-hydrogen) atoms. The number of thiazole rings is 1. The number of nitrogens with zero attached hydrogens (tertiary/aromatic N) is 3. The SMILES string of the molecule is C=CCn1c(SCc2csc(NC(C)=O)n2)nc2sccc2c1=O. The molecule has 0 saturated heterocycles. The number of rotatable bonds is 6. The van der Waals surface area contributed by atoms with Gasteiger partial charge in [0, 0.05) is 24.6 Å². The summed E-state index contributed by atoms with van der Waals surface area (Å²) in [6.07, 6.45) is 1.68. The molecule has 0 aliphatic carbocycles. The molecule has 6 nitrogen and oxygen atoms in total. The summed E-state index contributed by atoms with van der Waals surface area (Å²) >= 11 is 4.27. The third-order valence-electron chi connectivity index (χ3n) is 3.04. The number of fused-ring (bicyclic) bond motifs is 1. The monoisotopic (exact) mass is 378 g/mol. The summed E-state index contributed by atoms with van der Waals surface area (Å²) < 4.78 is 1.62. The molecule has 0 unspecified atom stereocenters. The molecule has 0 aromatic carbocycles. The third-order valence-corrected chi connectivity index (χ3v) is 5.67. The van der Waals surface area contributed by atoms with Crippen LogP contribution < -0.4 is 10.9 Å². The van der Waals surface area contributed by atoms with Crippen molar-refractivity contribution in [1.29, 1.82) is 0 Å². The minimum atomic E-state index is -0.145. The van der Waals surface area contributed by atoms with E-state index in [2.05, 4.69) is 21.9 Å². The van der Waals surface area contributed by atoms with E-state index in [9.17, 15) is 9.59 Å². The maximum Gasteiger partial charge on any atom is 0.263 e. The Morgan fingerprint density at radius 1 is 1.46 bits per heavy atom. The molecule has 3 heterocycles. The predicted molar refractivity (Wildman–Crippen MR) is 100 cm³/mol. The predicted octanol–water partition coefficient (Wildman–Crippen LogP) is 3.35. The standard InChI is InChI=1S/C15H14N4O2S3/c1-3-5-19-13(21)11-4-6-22-12(11)18-15(19)24-8-10-7-23-14(17-10)16-9(2)20/h3-4,6-7H,1,5,8H2,2H3,(H,16,17,20). The zero-order valence-electron chi connectivity index (χ0n) is 12.8. The second-order valence-electron chi connectivity index (χ2n) is 4.85. The largest absolute Gasteiger partial charge is 0.302 e. The van der Waals surface area contributed by atoms with Gasteiger partial charge in [-0.25, -0.2) is 9.97 Å². The zero-order valence-corrected chi connectivity index (χ0v) is 15.3. The maximum absolute atomic E-state index is 12.5. The van der Waals surface area contributed by atoms with Crippen LogP contribution in [0, 0.1) is 0 Å². The number of thiophene rings is 1. The van der Waals surface area contributed by atoms with Gasteiger partial charge in [-0.1, -0.05) is 17.8 Å². The lowest BCUT2D eigenvalue weighted by Crippen LogP contribution is -2.22. The minimum Gasteiger partial charge on any atom is -0.302 e. The molecule has 0 aliphatic rings.